The standard InChI is InChI=1S/C14H18N2O3/c17-13(18)16-8-11-6-14(19,7-12(11)9-16)5-10-1-3-15-4-2-10/h1-4,11-12,19H,5-9H2,(H,17,18). The highest BCUT2D eigenvalue weighted by molar-refractivity contribution is 5.65. The van der Waals surface area contributed by atoms with Gasteiger partial charge in [-0.25, -0.2) is 4.79 Å². The molecule has 2 aliphatic rings. The van der Waals surface area contributed by atoms with Gasteiger partial charge in [0.25, 0.3) is 0 Å². The van der Waals surface area contributed by atoms with E-state index in [1.165, 1.54) is 4.90 Å². The number of likely N-dealkylation sites (tertiary alicyclic amines) is 1. The summed E-state index contributed by atoms with van der Waals surface area (Å²) in [6, 6.07) is 3.85. The second-order valence-electron chi connectivity index (χ2n) is 5.87. The molecule has 1 aliphatic heterocycles. The van der Waals surface area contributed by atoms with Gasteiger partial charge in [-0.3, -0.25) is 4.98 Å². The highest BCUT2D eigenvalue weighted by atomic mass is 16.4. The van der Waals surface area contributed by atoms with E-state index in [4.69, 9.17) is 5.11 Å². The number of aliphatic hydroxyl groups is 1. The molecule has 1 amide bonds. The Morgan fingerprint density at radius 1 is 1.32 bits per heavy atom. The largest absolute Gasteiger partial charge is 0.465 e. The minimum atomic E-state index is -0.841. The van der Waals surface area contributed by atoms with Crippen LogP contribution in [0.5, 0.6) is 0 Å². The molecule has 1 saturated carbocycles. The van der Waals surface area contributed by atoms with E-state index >= 15 is 0 Å². The van der Waals surface area contributed by atoms with Crippen molar-refractivity contribution in [3.63, 3.8) is 0 Å². The number of hydrogen-bond donors (Lipinski definition) is 2. The first-order chi connectivity index (χ1) is 9.06. The Morgan fingerprint density at radius 2 is 1.89 bits per heavy atom. The molecule has 1 aromatic rings. The number of pyridine rings is 1. The number of hydrogen-bond acceptors (Lipinski definition) is 3. The van der Waals surface area contributed by atoms with Crippen LogP contribution in [0.15, 0.2) is 24.5 Å². The zero-order valence-corrected chi connectivity index (χ0v) is 10.7. The van der Waals surface area contributed by atoms with Crippen molar-refractivity contribution < 1.29 is 15.0 Å². The van der Waals surface area contributed by atoms with Gasteiger partial charge in [-0.1, -0.05) is 0 Å². The molecule has 0 bridgehead atoms. The summed E-state index contributed by atoms with van der Waals surface area (Å²) in [7, 11) is 0. The third-order valence-electron chi connectivity index (χ3n) is 4.41. The van der Waals surface area contributed by atoms with E-state index in [0.717, 1.165) is 5.56 Å². The number of carboxylic acid groups (broad SMARTS) is 1. The monoisotopic (exact) mass is 262 g/mol. The normalized spacial score (nSPS) is 33.4. The molecule has 2 fully saturated rings. The topological polar surface area (TPSA) is 73.7 Å². The maximum atomic E-state index is 10.9. The maximum absolute atomic E-state index is 10.9. The molecule has 19 heavy (non-hydrogen) atoms. The molecule has 0 radical (unpaired) electrons. The molecule has 5 nitrogen and oxygen atoms in total. The van der Waals surface area contributed by atoms with Crippen molar-refractivity contribution in [2.24, 2.45) is 11.8 Å². The van der Waals surface area contributed by atoms with Crippen molar-refractivity contribution in [2.75, 3.05) is 13.1 Å². The Morgan fingerprint density at radius 3 is 2.42 bits per heavy atom. The molecule has 3 rings (SSSR count). The molecule has 2 atom stereocenters. The van der Waals surface area contributed by atoms with Gasteiger partial charge in [0.2, 0.25) is 0 Å². The second-order valence-corrected chi connectivity index (χ2v) is 5.87. The Hall–Kier alpha value is -1.62. The second kappa shape index (κ2) is 4.49. The van der Waals surface area contributed by atoms with Crippen molar-refractivity contribution in [3.05, 3.63) is 30.1 Å². The Balaban J connectivity index is 1.66. The number of nitrogens with zero attached hydrogens (tertiary/aromatic N) is 2. The molecule has 102 valence electrons. The van der Waals surface area contributed by atoms with Gasteiger partial charge in [0.05, 0.1) is 5.60 Å². The van der Waals surface area contributed by atoms with Crippen LogP contribution >= 0.6 is 0 Å². The summed E-state index contributed by atoms with van der Waals surface area (Å²) in [6.45, 7) is 1.14. The van der Waals surface area contributed by atoms with E-state index < -0.39 is 11.7 Å². The summed E-state index contributed by atoms with van der Waals surface area (Å²) in [5.41, 5.74) is 0.411. The summed E-state index contributed by atoms with van der Waals surface area (Å²) in [6.07, 6.45) is 4.66. The van der Waals surface area contributed by atoms with Crippen LogP contribution < -0.4 is 0 Å². The fourth-order valence-corrected chi connectivity index (χ4v) is 3.64. The molecule has 1 saturated heterocycles. The summed E-state index contributed by atoms with van der Waals surface area (Å²) in [4.78, 5) is 16.4. The van der Waals surface area contributed by atoms with Gasteiger partial charge in [0.15, 0.2) is 0 Å². The molecule has 2 heterocycles. The minimum absolute atomic E-state index is 0.308. The van der Waals surface area contributed by atoms with Crippen LogP contribution in [0, 0.1) is 11.8 Å². The van der Waals surface area contributed by atoms with E-state index in [2.05, 4.69) is 4.98 Å². The van der Waals surface area contributed by atoms with Crippen LogP contribution in [0.2, 0.25) is 0 Å². The molecule has 1 aromatic heterocycles. The predicted octanol–water partition coefficient (Wildman–Crippen LogP) is 1.38. The lowest BCUT2D eigenvalue weighted by Crippen LogP contribution is -2.33. The number of amides is 1. The number of rotatable bonds is 2. The smallest absolute Gasteiger partial charge is 0.407 e. The molecule has 1 aliphatic carbocycles. The van der Waals surface area contributed by atoms with Crippen molar-refractivity contribution in [2.45, 2.75) is 24.9 Å². The first kappa shape index (κ1) is 12.4. The summed E-state index contributed by atoms with van der Waals surface area (Å²) >= 11 is 0. The van der Waals surface area contributed by atoms with Gasteiger partial charge in [0.1, 0.15) is 0 Å². The lowest BCUT2D eigenvalue weighted by Gasteiger charge is -2.25. The average molecular weight is 262 g/mol. The third-order valence-corrected chi connectivity index (χ3v) is 4.41. The van der Waals surface area contributed by atoms with Crippen molar-refractivity contribution in [1.82, 2.24) is 9.88 Å². The number of fused-ring (bicyclic) bond motifs is 1. The Labute approximate surface area is 111 Å². The van der Waals surface area contributed by atoms with Gasteiger partial charge >= 0.3 is 6.09 Å². The molecular weight excluding hydrogens is 244 g/mol. The highest BCUT2D eigenvalue weighted by Gasteiger charge is 2.49. The minimum Gasteiger partial charge on any atom is -0.465 e. The van der Waals surface area contributed by atoms with E-state index in [1.54, 1.807) is 12.4 Å². The molecule has 0 spiro atoms. The van der Waals surface area contributed by atoms with E-state index in [0.29, 0.717) is 44.2 Å². The van der Waals surface area contributed by atoms with E-state index in [-0.39, 0.29) is 0 Å². The molecule has 2 N–H and O–H groups in total. The van der Waals surface area contributed by atoms with Crippen LogP contribution in [-0.2, 0) is 6.42 Å². The summed E-state index contributed by atoms with van der Waals surface area (Å²) in [5, 5.41) is 19.7. The first-order valence-electron chi connectivity index (χ1n) is 6.65. The van der Waals surface area contributed by atoms with Crippen LogP contribution in [0.1, 0.15) is 18.4 Å². The SMILES string of the molecule is O=C(O)N1CC2CC(O)(Cc3ccncc3)CC2C1. The Bertz CT molecular complexity index is 463. The third kappa shape index (κ3) is 2.42. The summed E-state index contributed by atoms with van der Waals surface area (Å²) < 4.78 is 0. The number of aromatic nitrogens is 1. The lowest BCUT2D eigenvalue weighted by molar-refractivity contribution is 0.0354. The van der Waals surface area contributed by atoms with Gasteiger partial charge in [0, 0.05) is 31.9 Å². The van der Waals surface area contributed by atoms with Crippen molar-refractivity contribution in [1.29, 1.82) is 0 Å². The fourth-order valence-electron chi connectivity index (χ4n) is 3.64. The van der Waals surface area contributed by atoms with Gasteiger partial charge < -0.3 is 15.1 Å². The van der Waals surface area contributed by atoms with Gasteiger partial charge in [-0.2, -0.15) is 0 Å². The van der Waals surface area contributed by atoms with Crippen molar-refractivity contribution in [3.8, 4) is 0 Å². The first-order valence-corrected chi connectivity index (χ1v) is 6.65. The Kier molecular flexibility index (Phi) is 2.93. The molecule has 2 unspecified atom stereocenters. The fraction of sp³-hybridized carbons (Fsp3) is 0.571. The average Bonchev–Trinajstić information content (AvgIpc) is 2.85. The predicted molar refractivity (Wildman–Crippen MR) is 68.7 cm³/mol. The van der Waals surface area contributed by atoms with E-state index in [1.807, 2.05) is 12.1 Å². The van der Waals surface area contributed by atoms with Crippen LogP contribution in [-0.4, -0.2) is 44.9 Å². The van der Waals surface area contributed by atoms with Gasteiger partial charge in [-0.05, 0) is 42.4 Å². The van der Waals surface area contributed by atoms with Crippen molar-refractivity contribution >= 4 is 6.09 Å². The van der Waals surface area contributed by atoms with Gasteiger partial charge in [-0.15, -0.1) is 0 Å². The van der Waals surface area contributed by atoms with Crippen LogP contribution in [0.3, 0.4) is 0 Å². The van der Waals surface area contributed by atoms with Crippen LogP contribution in [0.25, 0.3) is 0 Å². The van der Waals surface area contributed by atoms with Crippen LogP contribution in [0.4, 0.5) is 4.79 Å². The molecular formula is C14H18N2O3. The summed E-state index contributed by atoms with van der Waals surface area (Å²) in [5.74, 6) is 0.617. The zero-order valence-electron chi connectivity index (χ0n) is 10.7. The van der Waals surface area contributed by atoms with E-state index in [9.17, 15) is 9.90 Å². The molecule has 0 aromatic carbocycles. The lowest BCUT2D eigenvalue weighted by atomic mass is 9.92. The zero-order chi connectivity index (χ0) is 13.5. The molecule has 5 heteroatoms. The quantitative estimate of drug-likeness (QED) is 0.844. The highest BCUT2D eigenvalue weighted by Crippen LogP contribution is 2.45. The maximum Gasteiger partial charge on any atom is 0.407 e. The number of carbonyl (C=O) groups is 1.